The average Bonchev–Trinajstić information content (AvgIpc) is 2.86. The highest BCUT2D eigenvalue weighted by molar-refractivity contribution is 5.69. The van der Waals surface area contributed by atoms with Gasteiger partial charge in [0.25, 0.3) is 12.0 Å². The van der Waals surface area contributed by atoms with Crippen molar-refractivity contribution in [3.63, 3.8) is 0 Å². The van der Waals surface area contributed by atoms with Crippen LogP contribution >= 0.6 is 0 Å². The van der Waals surface area contributed by atoms with E-state index >= 15 is 0 Å². The van der Waals surface area contributed by atoms with Gasteiger partial charge in [-0.3, -0.25) is 0 Å². The predicted molar refractivity (Wildman–Crippen MR) is 90.4 cm³/mol. The van der Waals surface area contributed by atoms with Crippen LogP contribution in [0.3, 0.4) is 0 Å². The lowest BCUT2D eigenvalue weighted by atomic mass is 9.87. The molecule has 0 bridgehead atoms. The number of hydrogen-bond donors (Lipinski definition) is 0. The van der Waals surface area contributed by atoms with Gasteiger partial charge in [-0.15, -0.1) is 0 Å². The van der Waals surface area contributed by atoms with Crippen molar-refractivity contribution in [1.29, 1.82) is 0 Å². The van der Waals surface area contributed by atoms with Crippen LogP contribution in [0.5, 0.6) is 0 Å². The molecule has 0 fully saturated rings. The summed E-state index contributed by atoms with van der Waals surface area (Å²) in [5, 5.41) is 0. The monoisotopic (exact) mass is 294 g/mol. The van der Waals surface area contributed by atoms with E-state index in [2.05, 4.69) is 85.4 Å². The largest absolute Gasteiger partial charge is 0.273 e. The second kappa shape index (κ2) is 5.24. The molecular formula is C19H24N3+. The van der Waals surface area contributed by atoms with Gasteiger partial charge in [0.1, 0.15) is 5.69 Å². The third-order valence-electron chi connectivity index (χ3n) is 4.08. The molecule has 0 aliphatic heterocycles. The van der Waals surface area contributed by atoms with Gasteiger partial charge in [-0.25, -0.2) is 9.55 Å². The molecule has 0 unspecified atom stereocenters. The normalized spacial score (nSPS) is 12.3. The van der Waals surface area contributed by atoms with Gasteiger partial charge in [0.15, 0.2) is 5.52 Å². The van der Waals surface area contributed by atoms with Crippen molar-refractivity contribution < 1.29 is 4.57 Å². The van der Waals surface area contributed by atoms with Crippen LogP contribution in [-0.2, 0) is 5.41 Å². The van der Waals surface area contributed by atoms with E-state index in [0.29, 0.717) is 6.04 Å². The Balaban J connectivity index is 2.14. The van der Waals surface area contributed by atoms with Gasteiger partial charge in [0.05, 0.1) is 6.04 Å². The first-order valence-electron chi connectivity index (χ1n) is 7.86. The van der Waals surface area contributed by atoms with Gasteiger partial charge >= 0.3 is 0 Å². The van der Waals surface area contributed by atoms with E-state index in [-0.39, 0.29) is 5.41 Å². The van der Waals surface area contributed by atoms with Crippen LogP contribution in [0.25, 0.3) is 16.9 Å². The highest BCUT2D eigenvalue weighted by Crippen LogP contribution is 2.24. The SMILES string of the molecule is CC(C)[n+]1cn(-c2ccc(C(C)(C)C)cc2)c2ncccc21. The first-order chi connectivity index (χ1) is 10.4. The standard InChI is InChI=1S/C19H24N3/c1-14(2)21-13-22(18-17(21)7-6-12-20-18)16-10-8-15(9-11-16)19(3,4)5/h6-14H,1-5H3/q+1. The zero-order valence-corrected chi connectivity index (χ0v) is 14.0. The molecule has 2 heterocycles. The van der Waals surface area contributed by atoms with E-state index in [9.17, 15) is 0 Å². The Morgan fingerprint density at radius 1 is 1.05 bits per heavy atom. The van der Waals surface area contributed by atoms with Gasteiger partial charge in [0, 0.05) is 6.20 Å². The lowest BCUT2D eigenvalue weighted by Crippen LogP contribution is -2.34. The summed E-state index contributed by atoms with van der Waals surface area (Å²) in [5.41, 5.74) is 4.83. The number of imidazole rings is 1. The van der Waals surface area contributed by atoms with Crippen LogP contribution in [0.1, 0.15) is 46.2 Å². The molecule has 0 radical (unpaired) electrons. The van der Waals surface area contributed by atoms with Gasteiger partial charge in [0.2, 0.25) is 0 Å². The van der Waals surface area contributed by atoms with E-state index in [1.54, 1.807) is 0 Å². The summed E-state index contributed by atoms with van der Waals surface area (Å²) in [4.78, 5) is 4.57. The number of fused-ring (bicyclic) bond motifs is 1. The summed E-state index contributed by atoms with van der Waals surface area (Å²) in [7, 11) is 0. The minimum absolute atomic E-state index is 0.174. The van der Waals surface area contributed by atoms with Crippen LogP contribution in [0, 0.1) is 0 Å². The molecule has 22 heavy (non-hydrogen) atoms. The molecule has 0 aliphatic rings. The number of benzene rings is 1. The van der Waals surface area contributed by atoms with Crippen LogP contribution in [0.15, 0.2) is 48.9 Å². The van der Waals surface area contributed by atoms with Crippen molar-refractivity contribution >= 4 is 11.2 Å². The Hall–Kier alpha value is -2.16. The Morgan fingerprint density at radius 2 is 1.73 bits per heavy atom. The molecule has 0 atom stereocenters. The van der Waals surface area contributed by atoms with Crippen LogP contribution in [-0.4, -0.2) is 9.55 Å². The van der Waals surface area contributed by atoms with Crippen molar-refractivity contribution in [3.05, 3.63) is 54.5 Å². The quantitative estimate of drug-likeness (QED) is 0.649. The van der Waals surface area contributed by atoms with Crippen molar-refractivity contribution in [3.8, 4) is 5.69 Å². The van der Waals surface area contributed by atoms with E-state index in [1.807, 2.05) is 12.3 Å². The highest BCUT2D eigenvalue weighted by atomic mass is 15.2. The van der Waals surface area contributed by atoms with E-state index in [4.69, 9.17) is 0 Å². The molecule has 0 aliphatic carbocycles. The van der Waals surface area contributed by atoms with E-state index in [0.717, 1.165) is 16.9 Å². The predicted octanol–water partition coefficient (Wildman–Crippen LogP) is 4.19. The number of pyridine rings is 1. The summed E-state index contributed by atoms with van der Waals surface area (Å²) in [6.45, 7) is 11.1. The smallest absolute Gasteiger partial charge is 0.226 e. The summed E-state index contributed by atoms with van der Waals surface area (Å²) >= 11 is 0. The molecule has 0 spiro atoms. The molecule has 0 N–H and O–H groups in total. The summed E-state index contributed by atoms with van der Waals surface area (Å²) in [6.07, 6.45) is 4.00. The molecule has 3 nitrogen and oxygen atoms in total. The van der Waals surface area contributed by atoms with Gasteiger partial charge < -0.3 is 0 Å². The highest BCUT2D eigenvalue weighted by Gasteiger charge is 2.20. The van der Waals surface area contributed by atoms with Crippen LogP contribution < -0.4 is 4.57 Å². The van der Waals surface area contributed by atoms with Crippen LogP contribution in [0.2, 0.25) is 0 Å². The Labute approximate surface area is 132 Å². The number of nitrogens with zero attached hydrogens (tertiary/aromatic N) is 3. The number of aromatic nitrogens is 3. The fraction of sp³-hybridized carbons (Fsp3) is 0.368. The van der Waals surface area contributed by atoms with Crippen molar-refractivity contribution in [2.24, 2.45) is 0 Å². The third-order valence-corrected chi connectivity index (χ3v) is 4.08. The number of hydrogen-bond acceptors (Lipinski definition) is 1. The molecule has 114 valence electrons. The van der Waals surface area contributed by atoms with E-state index in [1.165, 1.54) is 5.56 Å². The second-order valence-electron chi connectivity index (χ2n) is 7.13. The first-order valence-corrected chi connectivity index (χ1v) is 7.86. The summed E-state index contributed by atoms with van der Waals surface area (Å²) in [6, 6.07) is 13.3. The van der Waals surface area contributed by atoms with Gasteiger partial charge in [-0.1, -0.05) is 32.9 Å². The molecule has 0 amide bonds. The fourth-order valence-corrected chi connectivity index (χ4v) is 2.74. The summed E-state index contributed by atoms with van der Waals surface area (Å²) in [5.74, 6) is 0. The molecule has 3 aromatic rings. The fourth-order valence-electron chi connectivity index (χ4n) is 2.74. The third kappa shape index (κ3) is 2.52. The summed E-state index contributed by atoms with van der Waals surface area (Å²) < 4.78 is 4.43. The lowest BCUT2D eigenvalue weighted by molar-refractivity contribution is -0.691. The topological polar surface area (TPSA) is 21.7 Å². The van der Waals surface area contributed by atoms with Crippen LogP contribution in [0.4, 0.5) is 0 Å². The zero-order valence-electron chi connectivity index (χ0n) is 14.0. The number of rotatable bonds is 2. The second-order valence-corrected chi connectivity index (χ2v) is 7.13. The maximum Gasteiger partial charge on any atom is 0.273 e. The maximum atomic E-state index is 4.57. The Kier molecular flexibility index (Phi) is 3.51. The minimum atomic E-state index is 0.174. The molecule has 3 heteroatoms. The van der Waals surface area contributed by atoms with Crippen molar-refractivity contribution in [2.75, 3.05) is 0 Å². The average molecular weight is 294 g/mol. The van der Waals surface area contributed by atoms with Gasteiger partial charge in [-0.05, 0) is 49.1 Å². The molecular weight excluding hydrogens is 270 g/mol. The minimum Gasteiger partial charge on any atom is -0.226 e. The molecule has 1 aromatic carbocycles. The lowest BCUT2D eigenvalue weighted by Gasteiger charge is -2.18. The Bertz CT molecular complexity index is 790. The Morgan fingerprint density at radius 3 is 2.32 bits per heavy atom. The molecule has 0 saturated heterocycles. The molecule has 2 aromatic heterocycles. The first kappa shape index (κ1) is 14.8. The van der Waals surface area contributed by atoms with E-state index < -0.39 is 0 Å². The van der Waals surface area contributed by atoms with Crippen molar-refractivity contribution in [2.45, 2.75) is 46.1 Å². The zero-order chi connectivity index (χ0) is 15.9. The van der Waals surface area contributed by atoms with Gasteiger partial charge in [-0.2, -0.15) is 4.57 Å². The van der Waals surface area contributed by atoms with Crippen molar-refractivity contribution in [1.82, 2.24) is 9.55 Å². The molecule has 0 saturated carbocycles. The molecule has 3 rings (SSSR count). The maximum absolute atomic E-state index is 4.57.